The Labute approximate surface area is 145 Å². The summed E-state index contributed by atoms with van der Waals surface area (Å²) >= 11 is 0. The van der Waals surface area contributed by atoms with Crippen molar-refractivity contribution in [1.82, 2.24) is 5.32 Å². The minimum Gasteiger partial charge on any atom is -0.463 e. The number of methoxy groups -OCH3 is 1. The van der Waals surface area contributed by atoms with Crippen LogP contribution in [0.5, 0.6) is 0 Å². The van der Waals surface area contributed by atoms with Crippen LogP contribution in [0.3, 0.4) is 0 Å². The first kappa shape index (κ1) is 20.8. The summed E-state index contributed by atoms with van der Waals surface area (Å²) in [6.45, 7) is 4.57. The van der Waals surface area contributed by atoms with E-state index in [0.29, 0.717) is 0 Å². The van der Waals surface area contributed by atoms with E-state index in [-0.39, 0.29) is 6.61 Å². The van der Waals surface area contributed by atoms with Crippen molar-refractivity contribution >= 4 is 23.8 Å². The summed E-state index contributed by atoms with van der Waals surface area (Å²) in [6, 6.07) is -0.927. The van der Waals surface area contributed by atoms with Gasteiger partial charge in [-0.3, -0.25) is 19.2 Å². The predicted octanol–water partition coefficient (Wildman–Crippen LogP) is -0.711. The van der Waals surface area contributed by atoms with Crippen LogP contribution < -0.4 is 5.32 Å². The van der Waals surface area contributed by atoms with Crippen molar-refractivity contribution < 1.29 is 42.9 Å². The molecule has 2 unspecified atom stereocenters. The second kappa shape index (κ2) is 9.33. The Morgan fingerprint density at radius 2 is 1.48 bits per heavy atom. The van der Waals surface area contributed by atoms with E-state index in [1.54, 1.807) is 0 Å². The van der Waals surface area contributed by atoms with Crippen LogP contribution in [0.4, 0.5) is 0 Å². The molecule has 1 amide bonds. The fourth-order valence-corrected chi connectivity index (χ4v) is 2.49. The summed E-state index contributed by atoms with van der Waals surface area (Å²) < 4.78 is 26.2. The van der Waals surface area contributed by atoms with E-state index in [9.17, 15) is 19.2 Å². The highest BCUT2D eigenvalue weighted by Crippen LogP contribution is 2.27. The first-order chi connectivity index (χ1) is 11.6. The molecule has 5 atom stereocenters. The number of amides is 1. The van der Waals surface area contributed by atoms with Crippen LogP contribution in [0.1, 0.15) is 27.7 Å². The van der Waals surface area contributed by atoms with Gasteiger partial charge < -0.3 is 29.0 Å². The van der Waals surface area contributed by atoms with Gasteiger partial charge in [0.2, 0.25) is 5.91 Å². The average molecular weight is 361 g/mol. The number of carbonyl (C=O) groups excluding carboxylic acids is 4. The zero-order chi connectivity index (χ0) is 19.1. The molecule has 0 radical (unpaired) electrons. The second-order valence-electron chi connectivity index (χ2n) is 5.46. The molecule has 0 aromatic carbocycles. The van der Waals surface area contributed by atoms with E-state index in [1.807, 2.05) is 0 Å². The maximum absolute atomic E-state index is 11.5. The predicted molar refractivity (Wildman–Crippen MR) is 81.0 cm³/mol. The van der Waals surface area contributed by atoms with Crippen LogP contribution in [0.25, 0.3) is 0 Å². The lowest BCUT2D eigenvalue weighted by Gasteiger charge is -2.44. The van der Waals surface area contributed by atoms with Gasteiger partial charge in [0, 0.05) is 34.8 Å². The summed E-state index contributed by atoms with van der Waals surface area (Å²) in [7, 11) is 1.33. The number of ether oxygens (including phenoxy) is 5. The molecule has 0 aliphatic carbocycles. The molecule has 1 heterocycles. The summed E-state index contributed by atoms with van der Waals surface area (Å²) in [6.07, 6.45) is -4.17. The molecule has 1 aliphatic rings. The molecular weight excluding hydrogens is 338 g/mol. The SMILES string of the molecule is CO[C@@H]1O[C@H](COC(C)=O)[C@H](OC(C)=O)C(OC(C)=O)C1NC(C)=O. The number of rotatable bonds is 6. The third kappa shape index (κ3) is 6.31. The smallest absolute Gasteiger partial charge is 0.303 e. The number of carbonyl (C=O) groups is 4. The van der Waals surface area contributed by atoms with Gasteiger partial charge in [0.05, 0.1) is 0 Å². The van der Waals surface area contributed by atoms with E-state index in [0.717, 1.165) is 0 Å². The van der Waals surface area contributed by atoms with Gasteiger partial charge in [-0.05, 0) is 0 Å². The van der Waals surface area contributed by atoms with Crippen molar-refractivity contribution in [1.29, 1.82) is 0 Å². The molecule has 0 aromatic heterocycles. The number of hydrogen-bond donors (Lipinski definition) is 1. The van der Waals surface area contributed by atoms with Gasteiger partial charge >= 0.3 is 17.9 Å². The largest absolute Gasteiger partial charge is 0.463 e. The molecule has 0 bridgehead atoms. The number of nitrogens with one attached hydrogen (secondary N) is 1. The number of hydrogen-bond acceptors (Lipinski definition) is 9. The van der Waals surface area contributed by atoms with Crippen LogP contribution >= 0.6 is 0 Å². The molecule has 142 valence electrons. The maximum Gasteiger partial charge on any atom is 0.303 e. The van der Waals surface area contributed by atoms with E-state index < -0.39 is 54.5 Å². The summed E-state index contributed by atoms with van der Waals surface area (Å²) in [4.78, 5) is 45.5. The highest BCUT2D eigenvalue weighted by Gasteiger charge is 2.50. The van der Waals surface area contributed by atoms with Crippen molar-refractivity contribution in [2.45, 2.75) is 58.3 Å². The molecule has 1 saturated heterocycles. The van der Waals surface area contributed by atoms with Crippen molar-refractivity contribution in [3.8, 4) is 0 Å². The summed E-state index contributed by atoms with van der Waals surface area (Å²) in [5.41, 5.74) is 0. The molecule has 0 aromatic rings. The topological polar surface area (TPSA) is 126 Å². The molecular formula is C15H23NO9. The zero-order valence-corrected chi connectivity index (χ0v) is 14.8. The Kier molecular flexibility index (Phi) is 7.78. The second-order valence-corrected chi connectivity index (χ2v) is 5.46. The third-order valence-corrected chi connectivity index (χ3v) is 3.30. The molecule has 25 heavy (non-hydrogen) atoms. The van der Waals surface area contributed by atoms with E-state index in [1.165, 1.54) is 34.8 Å². The van der Waals surface area contributed by atoms with E-state index in [2.05, 4.69) is 5.32 Å². The van der Waals surface area contributed by atoms with Gasteiger partial charge in [-0.2, -0.15) is 0 Å². The normalized spacial score (nSPS) is 28.6. The minimum atomic E-state index is -1.11. The molecule has 0 saturated carbocycles. The molecule has 10 nitrogen and oxygen atoms in total. The Balaban J connectivity index is 3.18. The maximum atomic E-state index is 11.5. The molecule has 1 fully saturated rings. The van der Waals surface area contributed by atoms with Crippen molar-refractivity contribution in [2.75, 3.05) is 13.7 Å². The Hall–Kier alpha value is -2.20. The van der Waals surface area contributed by atoms with Crippen LogP contribution in [-0.2, 0) is 42.9 Å². The Morgan fingerprint density at radius 3 is 1.92 bits per heavy atom. The van der Waals surface area contributed by atoms with Gasteiger partial charge in [-0.25, -0.2) is 0 Å². The van der Waals surface area contributed by atoms with Gasteiger partial charge in [-0.15, -0.1) is 0 Å². The molecule has 1 rings (SSSR count). The van der Waals surface area contributed by atoms with Crippen LogP contribution in [0.15, 0.2) is 0 Å². The molecule has 1 aliphatic heterocycles. The van der Waals surface area contributed by atoms with Gasteiger partial charge in [-0.1, -0.05) is 0 Å². The first-order valence-electron chi connectivity index (χ1n) is 7.58. The fraction of sp³-hybridized carbons (Fsp3) is 0.733. The molecule has 1 N–H and O–H groups in total. The molecule has 0 spiro atoms. The number of esters is 3. The van der Waals surface area contributed by atoms with Crippen LogP contribution in [-0.4, -0.2) is 68.2 Å². The Morgan fingerprint density at radius 1 is 0.920 bits per heavy atom. The molecule has 10 heteroatoms. The highest BCUT2D eigenvalue weighted by atomic mass is 16.7. The summed E-state index contributed by atoms with van der Waals surface area (Å²) in [5, 5.41) is 2.56. The first-order valence-corrected chi connectivity index (χ1v) is 7.58. The fourth-order valence-electron chi connectivity index (χ4n) is 2.49. The van der Waals surface area contributed by atoms with Crippen LogP contribution in [0, 0.1) is 0 Å². The van der Waals surface area contributed by atoms with E-state index >= 15 is 0 Å². The van der Waals surface area contributed by atoms with Gasteiger partial charge in [0.25, 0.3) is 0 Å². The quantitative estimate of drug-likeness (QED) is 0.482. The lowest BCUT2D eigenvalue weighted by molar-refractivity contribution is -0.271. The van der Waals surface area contributed by atoms with Crippen LogP contribution in [0.2, 0.25) is 0 Å². The Bertz CT molecular complexity index is 521. The average Bonchev–Trinajstić information content (AvgIpc) is 2.48. The standard InChI is InChI=1S/C15H23NO9/c1-7(17)16-12-14(24-10(4)20)13(23-9(3)19)11(6-22-8(2)18)25-15(12)21-5/h11-15H,6H2,1-5H3,(H,16,17)/t11-,12?,13+,14?,15-/m1/s1. The highest BCUT2D eigenvalue weighted by molar-refractivity contribution is 5.73. The van der Waals surface area contributed by atoms with Gasteiger partial charge in [0.15, 0.2) is 18.5 Å². The van der Waals surface area contributed by atoms with Crippen molar-refractivity contribution in [3.05, 3.63) is 0 Å². The van der Waals surface area contributed by atoms with E-state index in [4.69, 9.17) is 23.7 Å². The summed E-state index contributed by atoms with van der Waals surface area (Å²) in [5.74, 6) is -2.29. The minimum absolute atomic E-state index is 0.252. The van der Waals surface area contributed by atoms with Crippen molar-refractivity contribution in [2.24, 2.45) is 0 Å². The monoisotopic (exact) mass is 361 g/mol. The zero-order valence-electron chi connectivity index (χ0n) is 14.8. The van der Waals surface area contributed by atoms with Gasteiger partial charge in [0.1, 0.15) is 18.8 Å². The van der Waals surface area contributed by atoms with Crippen molar-refractivity contribution in [3.63, 3.8) is 0 Å². The lowest BCUT2D eigenvalue weighted by Crippen LogP contribution is -2.66. The third-order valence-electron chi connectivity index (χ3n) is 3.30. The lowest BCUT2D eigenvalue weighted by atomic mass is 9.96.